The fourth-order valence-corrected chi connectivity index (χ4v) is 8.33. The van der Waals surface area contributed by atoms with Crippen molar-refractivity contribution >= 4 is 27.6 Å². The average Bonchev–Trinajstić information content (AvgIpc) is 3.51. The molecular weight excluding hydrogens is 588 g/mol. The van der Waals surface area contributed by atoms with Crippen LogP contribution in [0.15, 0.2) is 59.5 Å². The second-order valence-electron chi connectivity index (χ2n) is 14.6. The largest absolute Gasteiger partial charge is 0.328 e. The first-order valence-electron chi connectivity index (χ1n) is 16.1. The first-order chi connectivity index (χ1) is 21.1. The SMILES string of the molecule is CC(C)N1C(=O)N(Cc2ccc(S(C)(=O)=O)cc2)C(=O)C12CCN(C(C(=O)CC(C)(C)C)[C@@H]1CNC[C@@H]1c1ccccc1)CC2. The van der Waals surface area contributed by atoms with Crippen LogP contribution < -0.4 is 5.32 Å². The number of urea groups is 1. The van der Waals surface area contributed by atoms with E-state index < -0.39 is 15.4 Å². The van der Waals surface area contributed by atoms with Crippen molar-refractivity contribution in [1.29, 1.82) is 0 Å². The van der Waals surface area contributed by atoms with Gasteiger partial charge in [-0.15, -0.1) is 0 Å². The number of nitrogens with one attached hydrogen (secondary N) is 1. The van der Waals surface area contributed by atoms with Crippen LogP contribution in [-0.2, 0) is 26.0 Å². The van der Waals surface area contributed by atoms with Crippen molar-refractivity contribution in [3.05, 3.63) is 65.7 Å². The number of rotatable bonds is 9. The number of hydrogen-bond acceptors (Lipinski definition) is 7. The quantitative estimate of drug-likeness (QED) is 0.405. The molecule has 0 bridgehead atoms. The van der Waals surface area contributed by atoms with Gasteiger partial charge in [-0.2, -0.15) is 0 Å². The Bertz CT molecular complexity index is 1510. The standard InChI is InChI=1S/C35H48N4O5S/c1-24(2)39-33(42)38(23-25-12-14-27(15-13-25)45(6,43)44)32(41)35(39)16-18-37(19-17-35)31(30(40)20-34(3,4)5)29-22-36-21-28(29)26-10-8-7-9-11-26/h7-15,24,28-29,31,36H,16-23H2,1-6H3/t28-,29-,31?/m1/s1. The topological polar surface area (TPSA) is 107 Å². The molecule has 5 rings (SSSR count). The molecule has 0 saturated carbocycles. The van der Waals surface area contributed by atoms with Gasteiger partial charge in [0.2, 0.25) is 0 Å². The summed E-state index contributed by atoms with van der Waals surface area (Å²) in [6.45, 7) is 12.9. The van der Waals surface area contributed by atoms with Crippen molar-refractivity contribution in [2.45, 2.75) is 88.9 Å². The van der Waals surface area contributed by atoms with Crippen molar-refractivity contribution in [3.8, 4) is 0 Å². The van der Waals surface area contributed by atoms with Gasteiger partial charge in [0.1, 0.15) is 5.54 Å². The molecule has 1 unspecified atom stereocenters. The van der Waals surface area contributed by atoms with E-state index in [1.54, 1.807) is 17.0 Å². The van der Waals surface area contributed by atoms with Crippen LogP contribution in [0.5, 0.6) is 0 Å². The van der Waals surface area contributed by atoms with Crippen molar-refractivity contribution < 1.29 is 22.8 Å². The third kappa shape index (κ3) is 6.74. The fourth-order valence-electron chi connectivity index (χ4n) is 7.70. The van der Waals surface area contributed by atoms with Crippen LogP contribution in [0.1, 0.15) is 70.9 Å². The van der Waals surface area contributed by atoms with Crippen LogP contribution in [0, 0.1) is 11.3 Å². The van der Waals surface area contributed by atoms with Crippen LogP contribution in [0.3, 0.4) is 0 Å². The third-order valence-electron chi connectivity index (χ3n) is 9.70. The molecule has 2 aromatic carbocycles. The third-order valence-corrected chi connectivity index (χ3v) is 10.8. The highest BCUT2D eigenvalue weighted by atomic mass is 32.2. The maximum Gasteiger partial charge on any atom is 0.328 e. The van der Waals surface area contributed by atoms with E-state index in [1.165, 1.54) is 22.6 Å². The van der Waals surface area contributed by atoms with Gasteiger partial charge >= 0.3 is 6.03 Å². The minimum absolute atomic E-state index is 0.0790. The smallest absolute Gasteiger partial charge is 0.316 e. The molecule has 45 heavy (non-hydrogen) atoms. The summed E-state index contributed by atoms with van der Waals surface area (Å²) in [7, 11) is -3.35. The van der Waals surface area contributed by atoms with E-state index in [-0.39, 0.29) is 58.5 Å². The molecular formula is C35H48N4O5S. The second-order valence-corrected chi connectivity index (χ2v) is 16.6. The Morgan fingerprint density at radius 1 is 0.978 bits per heavy atom. The van der Waals surface area contributed by atoms with E-state index >= 15 is 0 Å². The zero-order chi connectivity index (χ0) is 32.7. The Labute approximate surface area is 268 Å². The lowest BCUT2D eigenvalue weighted by Crippen LogP contribution is -2.61. The molecule has 3 aliphatic rings. The molecule has 0 aromatic heterocycles. The number of carbonyl (C=O) groups is 3. The summed E-state index contributed by atoms with van der Waals surface area (Å²) in [6.07, 6.45) is 2.53. The fraction of sp³-hybridized carbons (Fsp3) is 0.571. The molecule has 3 aliphatic heterocycles. The van der Waals surface area contributed by atoms with Crippen LogP contribution in [0.4, 0.5) is 4.79 Å². The number of hydrogen-bond donors (Lipinski definition) is 1. The molecule has 3 atom stereocenters. The number of carbonyl (C=O) groups excluding carboxylic acids is 3. The number of likely N-dealkylation sites (tertiary alicyclic amines) is 1. The van der Waals surface area contributed by atoms with E-state index in [0.717, 1.165) is 19.3 Å². The molecule has 3 fully saturated rings. The first kappa shape index (κ1) is 33.3. The summed E-state index contributed by atoms with van der Waals surface area (Å²) in [5.41, 5.74) is 0.801. The van der Waals surface area contributed by atoms with Gasteiger partial charge in [0.05, 0.1) is 17.5 Å². The van der Waals surface area contributed by atoms with Crippen LogP contribution >= 0.6 is 0 Å². The molecule has 0 radical (unpaired) electrons. The number of amides is 3. The molecule has 2 aromatic rings. The van der Waals surface area contributed by atoms with E-state index in [1.807, 2.05) is 19.9 Å². The monoisotopic (exact) mass is 636 g/mol. The summed E-state index contributed by atoms with van der Waals surface area (Å²) >= 11 is 0. The lowest BCUT2D eigenvalue weighted by Gasteiger charge is -2.47. The maximum atomic E-state index is 14.2. The summed E-state index contributed by atoms with van der Waals surface area (Å²) in [6, 6.07) is 16.0. The molecule has 1 spiro atoms. The number of ketones is 1. The van der Waals surface area contributed by atoms with Gasteiger partial charge < -0.3 is 10.2 Å². The maximum absolute atomic E-state index is 14.2. The zero-order valence-electron chi connectivity index (χ0n) is 27.5. The Morgan fingerprint density at radius 2 is 1.60 bits per heavy atom. The highest BCUT2D eigenvalue weighted by Gasteiger charge is 2.59. The van der Waals surface area contributed by atoms with Crippen LogP contribution in [0.2, 0.25) is 0 Å². The summed E-state index contributed by atoms with van der Waals surface area (Å²) < 4.78 is 23.8. The molecule has 3 amide bonds. The number of sulfone groups is 1. The van der Waals surface area contributed by atoms with Gasteiger partial charge in [-0.05, 0) is 55.4 Å². The minimum atomic E-state index is -3.35. The lowest BCUT2D eigenvalue weighted by atomic mass is 9.76. The van der Waals surface area contributed by atoms with Gasteiger partial charge in [0.25, 0.3) is 5.91 Å². The Kier molecular flexibility index (Phi) is 9.33. The molecule has 10 heteroatoms. The Balaban J connectivity index is 1.40. The van der Waals surface area contributed by atoms with Crippen LogP contribution in [0.25, 0.3) is 0 Å². The van der Waals surface area contributed by atoms with Crippen molar-refractivity contribution in [1.82, 2.24) is 20.0 Å². The number of imide groups is 1. The molecule has 1 N–H and O–H groups in total. The highest BCUT2D eigenvalue weighted by Crippen LogP contribution is 2.42. The number of Topliss-reactive ketones (excluding diaryl/α,β-unsaturated/α-hetero) is 1. The molecule has 3 heterocycles. The lowest BCUT2D eigenvalue weighted by molar-refractivity contribution is -0.138. The number of benzene rings is 2. The van der Waals surface area contributed by atoms with E-state index in [0.29, 0.717) is 37.9 Å². The molecule has 3 saturated heterocycles. The first-order valence-corrected chi connectivity index (χ1v) is 18.0. The number of nitrogens with zero attached hydrogens (tertiary/aromatic N) is 3. The summed E-state index contributed by atoms with van der Waals surface area (Å²) in [5, 5.41) is 3.56. The summed E-state index contributed by atoms with van der Waals surface area (Å²) in [4.78, 5) is 47.7. The highest BCUT2D eigenvalue weighted by molar-refractivity contribution is 7.90. The van der Waals surface area contributed by atoms with Gasteiger partial charge in [-0.25, -0.2) is 13.2 Å². The summed E-state index contributed by atoms with van der Waals surface area (Å²) in [5.74, 6) is 0.337. The normalized spacial score (nSPS) is 23.4. The molecule has 9 nitrogen and oxygen atoms in total. The Hall–Kier alpha value is -3.08. The van der Waals surface area contributed by atoms with E-state index in [2.05, 4.69) is 55.3 Å². The van der Waals surface area contributed by atoms with E-state index in [9.17, 15) is 22.8 Å². The number of piperidine rings is 1. The predicted molar refractivity (Wildman–Crippen MR) is 174 cm³/mol. The van der Waals surface area contributed by atoms with Gasteiger partial charge in [-0.3, -0.25) is 19.4 Å². The predicted octanol–water partition coefficient (Wildman–Crippen LogP) is 4.47. The van der Waals surface area contributed by atoms with Crippen LogP contribution in [-0.4, -0.2) is 90.9 Å². The van der Waals surface area contributed by atoms with Gasteiger partial charge in [-0.1, -0.05) is 63.2 Å². The second kappa shape index (κ2) is 12.6. The van der Waals surface area contributed by atoms with E-state index in [4.69, 9.17) is 0 Å². The minimum Gasteiger partial charge on any atom is -0.316 e. The van der Waals surface area contributed by atoms with Crippen molar-refractivity contribution in [2.24, 2.45) is 11.3 Å². The Morgan fingerprint density at radius 3 is 2.16 bits per heavy atom. The van der Waals surface area contributed by atoms with Gasteiger partial charge in [0.15, 0.2) is 15.6 Å². The van der Waals surface area contributed by atoms with Gasteiger partial charge in [0, 0.05) is 56.7 Å². The van der Waals surface area contributed by atoms with Crippen molar-refractivity contribution in [2.75, 3.05) is 32.4 Å². The zero-order valence-corrected chi connectivity index (χ0v) is 28.3. The molecule has 244 valence electrons. The average molecular weight is 637 g/mol. The van der Waals surface area contributed by atoms with Crippen molar-refractivity contribution in [3.63, 3.8) is 0 Å². The molecule has 0 aliphatic carbocycles.